The Kier molecular flexibility index (Phi) is 4.42. The van der Waals surface area contributed by atoms with Crippen LogP contribution in [0.4, 0.5) is 5.82 Å². The molecular formula is C17H22N4O. The minimum atomic E-state index is -0.149. The van der Waals surface area contributed by atoms with E-state index in [0.29, 0.717) is 17.4 Å². The van der Waals surface area contributed by atoms with Crippen molar-refractivity contribution in [3.05, 3.63) is 47.7 Å². The van der Waals surface area contributed by atoms with E-state index >= 15 is 0 Å². The van der Waals surface area contributed by atoms with Gasteiger partial charge in [-0.25, -0.2) is 0 Å². The Morgan fingerprint density at radius 3 is 2.59 bits per heavy atom. The number of anilines is 1. The molecule has 116 valence electrons. The van der Waals surface area contributed by atoms with Gasteiger partial charge in [-0.15, -0.1) is 0 Å². The lowest BCUT2D eigenvalue weighted by molar-refractivity contribution is 0.0907. The Morgan fingerprint density at radius 2 is 1.95 bits per heavy atom. The van der Waals surface area contributed by atoms with Crippen molar-refractivity contribution in [3.63, 3.8) is 0 Å². The molecule has 1 aromatic heterocycles. The van der Waals surface area contributed by atoms with Gasteiger partial charge in [-0.3, -0.25) is 9.89 Å². The van der Waals surface area contributed by atoms with E-state index in [9.17, 15) is 4.79 Å². The molecule has 0 spiro atoms. The maximum absolute atomic E-state index is 12.4. The smallest absolute Gasteiger partial charge is 0.269 e. The fourth-order valence-electron chi connectivity index (χ4n) is 3.27. The Bertz CT molecular complexity index is 617. The van der Waals surface area contributed by atoms with Gasteiger partial charge in [0.2, 0.25) is 0 Å². The lowest BCUT2D eigenvalue weighted by Crippen LogP contribution is -2.34. The second kappa shape index (κ2) is 6.64. The molecular weight excluding hydrogens is 276 g/mol. The van der Waals surface area contributed by atoms with Crippen LogP contribution in [0.5, 0.6) is 0 Å². The summed E-state index contributed by atoms with van der Waals surface area (Å²) in [5, 5.41) is 9.67. The molecule has 2 aromatic rings. The number of aromatic nitrogens is 2. The molecule has 5 nitrogen and oxygen atoms in total. The molecule has 1 aliphatic carbocycles. The van der Waals surface area contributed by atoms with Crippen LogP contribution in [0.15, 0.2) is 36.4 Å². The third-order valence-corrected chi connectivity index (χ3v) is 4.41. The van der Waals surface area contributed by atoms with Crippen molar-refractivity contribution >= 4 is 11.7 Å². The lowest BCUT2D eigenvalue weighted by Gasteiger charge is -2.31. The quantitative estimate of drug-likeness (QED) is 0.811. The number of nitrogens with one attached hydrogen (secondary N) is 2. The van der Waals surface area contributed by atoms with Gasteiger partial charge in [-0.05, 0) is 24.3 Å². The average molecular weight is 298 g/mol. The van der Waals surface area contributed by atoms with E-state index in [4.69, 9.17) is 5.73 Å². The number of hydrogen-bond donors (Lipinski definition) is 3. The predicted molar refractivity (Wildman–Crippen MR) is 86.2 cm³/mol. The second-order valence-corrected chi connectivity index (χ2v) is 5.97. The predicted octanol–water partition coefficient (Wildman–Crippen LogP) is 3.04. The first kappa shape index (κ1) is 14.6. The molecule has 0 bridgehead atoms. The normalized spacial score (nSPS) is 17.1. The minimum absolute atomic E-state index is 0.0403. The Balaban J connectivity index is 1.80. The zero-order chi connectivity index (χ0) is 15.4. The molecule has 5 heteroatoms. The van der Waals surface area contributed by atoms with Crippen LogP contribution < -0.4 is 11.1 Å². The van der Waals surface area contributed by atoms with Crippen LogP contribution in [-0.4, -0.2) is 16.1 Å². The van der Waals surface area contributed by atoms with Crippen LogP contribution in [0.2, 0.25) is 0 Å². The fourth-order valence-corrected chi connectivity index (χ4v) is 3.27. The maximum atomic E-state index is 12.4. The van der Waals surface area contributed by atoms with Crippen LogP contribution in [0.3, 0.4) is 0 Å². The number of benzene rings is 1. The van der Waals surface area contributed by atoms with Crippen molar-refractivity contribution in [1.82, 2.24) is 15.5 Å². The minimum Gasteiger partial charge on any atom is -0.382 e. The van der Waals surface area contributed by atoms with E-state index in [2.05, 4.69) is 27.6 Å². The van der Waals surface area contributed by atoms with E-state index in [1.807, 2.05) is 18.2 Å². The summed E-state index contributed by atoms with van der Waals surface area (Å²) >= 11 is 0. The molecule has 1 heterocycles. The van der Waals surface area contributed by atoms with Crippen molar-refractivity contribution in [1.29, 1.82) is 0 Å². The third-order valence-electron chi connectivity index (χ3n) is 4.41. The topological polar surface area (TPSA) is 83.8 Å². The van der Waals surface area contributed by atoms with Gasteiger partial charge in [0, 0.05) is 6.07 Å². The van der Waals surface area contributed by atoms with Crippen molar-refractivity contribution in [2.24, 2.45) is 5.92 Å². The van der Waals surface area contributed by atoms with Crippen LogP contribution in [0.1, 0.15) is 54.2 Å². The maximum Gasteiger partial charge on any atom is 0.269 e. The SMILES string of the molecule is Nc1cc(C(=O)NC(c2ccccc2)C2CCCCC2)[nH]n1. The van der Waals surface area contributed by atoms with E-state index in [0.717, 1.165) is 18.4 Å². The van der Waals surface area contributed by atoms with Crippen molar-refractivity contribution in [2.45, 2.75) is 38.1 Å². The number of carbonyl (C=O) groups is 1. The number of nitrogens with two attached hydrogens (primary N) is 1. The highest BCUT2D eigenvalue weighted by Crippen LogP contribution is 2.34. The second-order valence-electron chi connectivity index (χ2n) is 5.97. The fraction of sp³-hybridized carbons (Fsp3) is 0.412. The number of nitrogen functional groups attached to an aromatic ring is 1. The van der Waals surface area contributed by atoms with Gasteiger partial charge in [0.05, 0.1) is 6.04 Å². The molecule has 1 unspecified atom stereocenters. The van der Waals surface area contributed by atoms with E-state index in [-0.39, 0.29) is 11.9 Å². The highest BCUT2D eigenvalue weighted by atomic mass is 16.2. The molecule has 0 aliphatic heterocycles. The molecule has 1 fully saturated rings. The highest BCUT2D eigenvalue weighted by Gasteiger charge is 2.27. The molecule has 22 heavy (non-hydrogen) atoms. The lowest BCUT2D eigenvalue weighted by atomic mass is 9.81. The number of rotatable bonds is 4. The monoisotopic (exact) mass is 298 g/mol. The molecule has 4 N–H and O–H groups in total. The summed E-state index contributed by atoms with van der Waals surface area (Å²) in [5.41, 5.74) is 7.15. The summed E-state index contributed by atoms with van der Waals surface area (Å²) in [5.74, 6) is 0.670. The highest BCUT2D eigenvalue weighted by molar-refractivity contribution is 5.93. The first-order chi connectivity index (χ1) is 10.7. The van der Waals surface area contributed by atoms with Gasteiger partial charge >= 0.3 is 0 Å². The standard InChI is InChI=1S/C17H22N4O/c18-15-11-14(20-21-15)17(22)19-16(12-7-3-1-4-8-12)13-9-5-2-6-10-13/h1,3-4,7-8,11,13,16H,2,5-6,9-10H2,(H,19,22)(H3,18,20,21). The zero-order valence-corrected chi connectivity index (χ0v) is 12.6. The summed E-state index contributed by atoms with van der Waals surface area (Å²) in [4.78, 5) is 12.4. The molecule has 1 aliphatic rings. The van der Waals surface area contributed by atoms with Gasteiger partial charge in [-0.1, -0.05) is 49.6 Å². The Hall–Kier alpha value is -2.30. The van der Waals surface area contributed by atoms with E-state index in [1.165, 1.54) is 19.3 Å². The molecule has 1 atom stereocenters. The van der Waals surface area contributed by atoms with E-state index < -0.39 is 0 Å². The number of H-pyrrole nitrogens is 1. The van der Waals surface area contributed by atoms with Crippen molar-refractivity contribution in [3.8, 4) is 0 Å². The number of aromatic amines is 1. The van der Waals surface area contributed by atoms with Gasteiger partial charge in [0.1, 0.15) is 11.5 Å². The van der Waals surface area contributed by atoms with Gasteiger partial charge in [0.25, 0.3) is 5.91 Å². The summed E-state index contributed by atoms with van der Waals surface area (Å²) in [7, 11) is 0. The van der Waals surface area contributed by atoms with Crippen molar-refractivity contribution < 1.29 is 4.79 Å². The molecule has 0 saturated heterocycles. The summed E-state index contributed by atoms with van der Waals surface area (Å²) < 4.78 is 0. The van der Waals surface area contributed by atoms with Crippen LogP contribution in [0, 0.1) is 5.92 Å². The average Bonchev–Trinajstić information content (AvgIpc) is 3.01. The molecule has 1 saturated carbocycles. The summed E-state index contributed by atoms with van der Waals surface area (Å²) in [6.45, 7) is 0. The Morgan fingerprint density at radius 1 is 1.23 bits per heavy atom. The molecule has 3 rings (SSSR count). The number of nitrogens with zero attached hydrogens (tertiary/aromatic N) is 1. The number of hydrogen-bond acceptors (Lipinski definition) is 3. The third kappa shape index (κ3) is 3.30. The first-order valence-electron chi connectivity index (χ1n) is 7.91. The molecule has 1 aromatic carbocycles. The van der Waals surface area contributed by atoms with Gasteiger partial charge < -0.3 is 11.1 Å². The largest absolute Gasteiger partial charge is 0.382 e. The zero-order valence-electron chi connectivity index (χ0n) is 12.6. The number of amides is 1. The summed E-state index contributed by atoms with van der Waals surface area (Å²) in [6, 6.07) is 11.8. The molecule has 1 amide bonds. The van der Waals surface area contributed by atoms with Crippen LogP contribution in [0.25, 0.3) is 0 Å². The van der Waals surface area contributed by atoms with Gasteiger partial charge in [-0.2, -0.15) is 5.10 Å². The van der Waals surface area contributed by atoms with Crippen LogP contribution in [-0.2, 0) is 0 Å². The number of carbonyl (C=O) groups excluding carboxylic acids is 1. The van der Waals surface area contributed by atoms with E-state index in [1.54, 1.807) is 6.07 Å². The van der Waals surface area contributed by atoms with Crippen molar-refractivity contribution in [2.75, 3.05) is 5.73 Å². The first-order valence-corrected chi connectivity index (χ1v) is 7.91. The summed E-state index contributed by atoms with van der Waals surface area (Å²) in [6.07, 6.45) is 6.08. The Labute approximate surface area is 130 Å². The van der Waals surface area contributed by atoms with Gasteiger partial charge in [0.15, 0.2) is 0 Å². The van der Waals surface area contributed by atoms with Crippen LogP contribution >= 0.6 is 0 Å². The molecule has 0 radical (unpaired) electrons.